The van der Waals surface area contributed by atoms with E-state index in [1.165, 1.54) is 6.07 Å². The molecular weight excluding hydrogens is 203 g/mol. The molecule has 0 atom stereocenters. The van der Waals surface area contributed by atoms with E-state index in [-0.39, 0.29) is 5.82 Å². The molecule has 0 aliphatic heterocycles. The monoisotopic (exact) mass is 216 g/mol. The first-order valence-electron chi connectivity index (χ1n) is 4.58. The Morgan fingerprint density at radius 1 is 1.43 bits per heavy atom. The normalized spacial score (nSPS) is 10.5. The summed E-state index contributed by atoms with van der Waals surface area (Å²) in [4.78, 5) is 0. The molecule has 0 heterocycles. The molecule has 0 amide bonds. The molecule has 0 bridgehead atoms. The lowest BCUT2D eigenvalue weighted by atomic mass is 10.2. The van der Waals surface area contributed by atoms with Crippen LogP contribution in [0.15, 0.2) is 18.2 Å². The molecule has 2 nitrogen and oxygen atoms in total. The molecule has 0 aliphatic rings. The van der Waals surface area contributed by atoms with Gasteiger partial charge in [-0.3, -0.25) is 0 Å². The predicted molar refractivity (Wildman–Crippen MR) is 56.8 cm³/mol. The van der Waals surface area contributed by atoms with Crippen LogP contribution < -0.4 is 11.1 Å². The Hall–Kier alpha value is -0.640. The van der Waals surface area contributed by atoms with Gasteiger partial charge in [0.25, 0.3) is 0 Å². The summed E-state index contributed by atoms with van der Waals surface area (Å²) in [5, 5.41) is 3.65. The third-order valence-electron chi connectivity index (χ3n) is 1.88. The second-order valence-electron chi connectivity index (χ2n) is 3.05. The van der Waals surface area contributed by atoms with Crippen molar-refractivity contribution >= 4 is 11.6 Å². The van der Waals surface area contributed by atoms with Crippen molar-refractivity contribution in [1.82, 2.24) is 5.32 Å². The van der Waals surface area contributed by atoms with E-state index in [1.807, 2.05) is 0 Å². The minimum atomic E-state index is -0.227. The molecule has 0 radical (unpaired) electrons. The summed E-state index contributed by atoms with van der Waals surface area (Å²) >= 11 is 5.74. The number of hydrogen-bond acceptors (Lipinski definition) is 2. The third kappa shape index (κ3) is 3.62. The van der Waals surface area contributed by atoms with E-state index in [0.717, 1.165) is 13.0 Å². The lowest BCUT2D eigenvalue weighted by Crippen LogP contribution is -2.18. The maximum absolute atomic E-state index is 13.2. The molecule has 0 fully saturated rings. The first-order chi connectivity index (χ1) is 6.74. The van der Waals surface area contributed by atoms with Crippen molar-refractivity contribution in [2.45, 2.75) is 13.0 Å². The maximum atomic E-state index is 13.2. The summed E-state index contributed by atoms with van der Waals surface area (Å²) in [5.74, 6) is -0.227. The highest BCUT2D eigenvalue weighted by Crippen LogP contribution is 2.14. The van der Waals surface area contributed by atoms with Crippen LogP contribution >= 0.6 is 11.6 Å². The van der Waals surface area contributed by atoms with Crippen molar-refractivity contribution in [3.05, 3.63) is 34.6 Å². The van der Waals surface area contributed by atoms with Crippen LogP contribution in [0.1, 0.15) is 12.0 Å². The molecule has 14 heavy (non-hydrogen) atoms. The molecule has 3 N–H and O–H groups in total. The highest BCUT2D eigenvalue weighted by molar-refractivity contribution is 6.30. The zero-order valence-electron chi connectivity index (χ0n) is 7.89. The van der Waals surface area contributed by atoms with Gasteiger partial charge in [0, 0.05) is 17.1 Å². The summed E-state index contributed by atoms with van der Waals surface area (Å²) in [6, 6.07) is 4.55. The topological polar surface area (TPSA) is 38.0 Å². The van der Waals surface area contributed by atoms with E-state index >= 15 is 0 Å². The van der Waals surface area contributed by atoms with Crippen molar-refractivity contribution in [3.63, 3.8) is 0 Å². The Labute approximate surface area is 88.2 Å². The van der Waals surface area contributed by atoms with Crippen molar-refractivity contribution in [3.8, 4) is 0 Å². The standard InChI is InChI=1S/C10H14ClFN2/c11-9-2-3-10(12)8(6-9)7-14-5-1-4-13/h2-3,6,14H,1,4-5,7,13H2. The summed E-state index contributed by atoms with van der Waals surface area (Å²) < 4.78 is 13.2. The molecular formula is C10H14ClFN2. The van der Waals surface area contributed by atoms with Gasteiger partial charge in [-0.25, -0.2) is 4.39 Å². The van der Waals surface area contributed by atoms with Gasteiger partial charge in [0.15, 0.2) is 0 Å². The Bertz CT molecular complexity index is 291. The fourth-order valence-corrected chi connectivity index (χ4v) is 1.32. The van der Waals surface area contributed by atoms with Crippen molar-refractivity contribution in [2.24, 2.45) is 5.73 Å². The van der Waals surface area contributed by atoms with Crippen LogP contribution in [0, 0.1) is 5.82 Å². The van der Waals surface area contributed by atoms with Crippen LogP contribution in [0.3, 0.4) is 0 Å². The average molecular weight is 217 g/mol. The molecule has 0 aliphatic carbocycles. The number of halogens is 2. The van der Waals surface area contributed by atoms with Gasteiger partial charge >= 0.3 is 0 Å². The highest BCUT2D eigenvalue weighted by atomic mass is 35.5. The number of nitrogens with two attached hydrogens (primary N) is 1. The van der Waals surface area contributed by atoms with Gasteiger partial charge in [0.2, 0.25) is 0 Å². The van der Waals surface area contributed by atoms with Crippen LogP contribution in [0.2, 0.25) is 5.02 Å². The van der Waals surface area contributed by atoms with Gasteiger partial charge in [-0.15, -0.1) is 0 Å². The first kappa shape index (κ1) is 11.4. The molecule has 0 saturated heterocycles. The minimum absolute atomic E-state index is 0.227. The van der Waals surface area contributed by atoms with E-state index in [4.69, 9.17) is 17.3 Å². The molecule has 1 rings (SSSR count). The SMILES string of the molecule is NCCCNCc1cc(Cl)ccc1F. The molecule has 78 valence electrons. The smallest absolute Gasteiger partial charge is 0.127 e. The van der Waals surface area contributed by atoms with Gasteiger partial charge in [-0.2, -0.15) is 0 Å². The lowest BCUT2D eigenvalue weighted by molar-refractivity contribution is 0.583. The van der Waals surface area contributed by atoms with Crippen molar-refractivity contribution in [1.29, 1.82) is 0 Å². The molecule has 1 aromatic carbocycles. The quantitative estimate of drug-likeness (QED) is 0.738. The Kier molecular flexibility index (Phi) is 4.87. The van der Waals surface area contributed by atoms with E-state index in [2.05, 4.69) is 5.32 Å². The number of nitrogens with one attached hydrogen (secondary N) is 1. The van der Waals surface area contributed by atoms with E-state index in [0.29, 0.717) is 23.7 Å². The highest BCUT2D eigenvalue weighted by Gasteiger charge is 2.01. The molecule has 0 aromatic heterocycles. The van der Waals surface area contributed by atoms with Crippen LogP contribution in [0.4, 0.5) is 4.39 Å². The second-order valence-corrected chi connectivity index (χ2v) is 3.49. The van der Waals surface area contributed by atoms with Crippen LogP contribution in [-0.4, -0.2) is 13.1 Å². The zero-order chi connectivity index (χ0) is 10.4. The van der Waals surface area contributed by atoms with Gasteiger partial charge < -0.3 is 11.1 Å². The second kappa shape index (κ2) is 5.96. The summed E-state index contributed by atoms with van der Waals surface area (Å²) in [6.07, 6.45) is 0.891. The molecule has 0 spiro atoms. The number of rotatable bonds is 5. The molecule has 1 aromatic rings. The Morgan fingerprint density at radius 3 is 2.93 bits per heavy atom. The molecule has 4 heteroatoms. The Morgan fingerprint density at radius 2 is 2.21 bits per heavy atom. The summed E-state index contributed by atoms with van der Waals surface area (Å²) in [7, 11) is 0. The minimum Gasteiger partial charge on any atom is -0.330 e. The van der Waals surface area contributed by atoms with Gasteiger partial charge in [0.1, 0.15) is 5.82 Å². The average Bonchev–Trinajstić information content (AvgIpc) is 2.18. The summed E-state index contributed by atoms with van der Waals surface area (Å²) in [6.45, 7) is 1.93. The fraction of sp³-hybridized carbons (Fsp3) is 0.400. The molecule has 0 saturated carbocycles. The first-order valence-corrected chi connectivity index (χ1v) is 4.96. The predicted octanol–water partition coefficient (Wildman–Crippen LogP) is 1.92. The van der Waals surface area contributed by atoms with Crippen molar-refractivity contribution in [2.75, 3.05) is 13.1 Å². The van der Waals surface area contributed by atoms with Crippen LogP contribution in [-0.2, 0) is 6.54 Å². The van der Waals surface area contributed by atoms with E-state index < -0.39 is 0 Å². The fourth-order valence-electron chi connectivity index (χ4n) is 1.13. The van der Waals surface area contributed by atoms with E-state index in [9.17, 15) is 4.39 Å². The summed E-state index contributed by atoms with van der Waals surface area (Å²) in [5.41, 5.74) is 5.92. The molecule has 0 unspecified atom stereocenters. The third-order valence-corrected chi connectivity index (χ3v) is 2.12. The number of hydrogen-bond donors (Lipinski definition) is 2. The number of benzene rings is 1. The van der Waals surface area contributed by atoms with Gasteiger partial charge in [0.05, 0.1) is 0 Å². The van der Waals surface area contributed by atoms with Gasteiger partial charge in [-0.05, 0) is 37.7 Å². The maximum Gasteiger partial charge on any atom is 0.127 e. The van der Waals surface area contributed by atoms with Gasteiger partial charge in [-0.1, -0.05) is 11.6 Å². The van der Waals surface area contributed by atoms with Crippen molar-refractivity contribution < 1.29 is 4.39 Å². The van der Waals surface area contributed by atoms with E-state index in [1.54, 1.807) is 12.1 Å². The van der Waals surface area contributed by atoms with Crippen LogP contribution in [0.5, 0.6) is 0 Å². The Balaban J connectivity index is 2.45. The lowest BCUT2D eigenvalue weighted by Gasteiger charge is -2.05. The van der Waals surface area contributed by atoms with Crippen LogP contribution in [0.25, 0.3) is 0 Å². The largest absolute Gasteiger partial charge is 0.330 e. The zero-order valence-corrected chi connectivity index (χ0v) is 8.65.